The molecule has 5 rings (SSSR count). The fraction of sp³-hybridized carbons (Fsp3) is 0.905. The highest BCUT2D eigenvalue weighted by molar-refractivity contribution is 5.82. The van der Waals surface area contributed by atoms with Crippen molar-refractivity contribution in [2.75, 3.05) is 26.2 Å². The maximum absolute atomic E-state index is 13.0. The van der Waals surface area contributed by atoms with Crippen LogP contribution >= 0.6 is 0 Å². The van der Waals surface area contributed by atoms with Gasteiger partial charge in [0.05, 0.1) is 0 Å². The number of carbonyl (C=O) groups is 2. The second kappa shape index (κ2) is 5.99. The van der Waals surface area contributed by atoms with Gasteiger partial charge < -0.3 is 9.80 Å². The Morgan fingerprint density at radius 3 is 1.72 bits per heavy atom. The molecule has 0 spiro atoms. The van der Waals surface area contributed by atoms with Crippen molar-refractivity contribution < 1.29 is 9.59 Å². The average Bonchev–Trinajstić information content (AvgIpc) is 2.51. The van der Waals surface area contributed by atoms with Crippen molar-refractivity contribution in [1.29, 1.82) is 0 Å². The third kappa shape index (κ3) is 3.33. The highest BCUT2D eigenvalue weighted by atomic mass is 16.2. The number of hydrogen-bond acceptors (Lipinski definition) is 2. The molecule has 5 aliphatic rings. The van der Waals surface area contributed by atoms with Crippen molar-refractivity contribution in [3.8, 4) is 0 Å². The molecule has 0 unspecified atom stereocenters. The van der Waals surface area contributed by atoms with Crippen LogP contribution in [-0.4, -0.2) is 47.8 Å². The Kier molecular flexibility index (Phi) is 4.16. The lowest BCUT2D eigenvalue weighted by atomic mass is 9.49. The number of nitrogens with zero attached hydrogens (tertiary/aromatic N) is 2. The van der Waals surface area contributed by atoms with Gasteiger partial charge in [0.25, 0.3) is 0 Å². The van der Waals surface area contributed by atoms with E-state index in [1.54, 1.807) is 0 Å². The summed E-state index contributed by atoms with van der Waals surface area (Å²) in [6, 6.07) is 0. The van der Waals surface area contributed by atoms with E-state index in [1.165, 1.54) is 38.5 Å². The number of amides is 2. The van der Waals surface area contributed by atoms with Crippen LogP contribution in [0, 0.1) is 28.6 Å². The Morgan fingerprint density at radius 1 is 0.840 bits per heavy atom. The van der Waals surface area contributed by atoms with Crippen LogP contribution < -0.4 is 0 Å². The van der Waals surface area contributed by atoms with Gasteiger partial charge in [0.15, 0.2) is 0 Å². The molecule has 4 bridgehead atoms. The molecule has 0 aromatic carbocycles. The summed E-state index contributed by atoms with van der Waals surface area (Å²) in [6.07, 6.45) is 8.96. The Morgan fingerprint density at radius 2 is 1.28 bits per heavy atom. The maximum Gasteiger partial charge on any atom is 0.228 e. The first-order chi connectivity index (χ1) is 11.7. The van der Waals surface area contributed by atoms with E-state index in [0.29, 0.717) is 37.5 Å². The summed E-state index contributed by atoms with van der Waals surface area (Å²) in [5.41, 5.74) is -0.00439. The molecule has 0 N–H and O–H groups in total. The normalized spacial score (nSPS) is 37.5. The van der Waals surface area contributed by atoms with Crippen molar-refractivity contribution in [2.24, 2.45) is 28.6 Å². The molecular formula is C21H34N2O2. The monoisotopic (exact) mass is 346 g/mol. The minimum atomic E-state index is -0.328. The molecular weight excluding hydrogens is 312 g/mol. The standard InChI is InChI=1S/C21H34N2O2/c1-20(2,3)19(25)23-6-4-22(5-7-23)18(24)14-21-11-15-8-16(12-21)10-17(9-15)13-21/h15-17H,4-14H2,1-3H3. The molecule has 1 aliphatic heterocycles. The predicted molar refractivity (Wildman–Crippen MR) is 97.8 cm³/mol. The van der Waals surface area contributed by atoms with E-state index in [-0.39, 0.29) is 11.3 Å². The van der Waals surface area contributed by atoms with Gasteiger partial charge in [-0.1, -0.05) is 20.8 Å². The zero-order valence-electron chi connectivity index (χ0n) is 16.2. The molecule has 4 heteroatoms. The van der Waals surface area contributed by atoms with Gasteiger partial charge in [0.1, 0.15) is 0 Å². The zero-order chi connectivity index (χ0) is 17.8. The molecule has 5 fully saturated rings. The first-order valence-electron chi connectivity index (χ1n) is 10.3. The first-order valence-corrected chi connectivity index (χ1v) is 10.3. The lowest BCUT2D eigenvalue weighted by molar-refractivity contribution is -0.148. The molecule has 0 radical (unpaired) electrons. The molecule has 25 heavy (non-hydrogen) atoms. The van der Waals surface area contributed by atoms with E-state index in [4.69, 9.17) is 0 Å². The quantitative estimate of drug-likeness (QED) is 0.770. The van der Waals surface area contributed by atoms with Crippen molar-refractivity contribution in [2.45, 2.75) is 65.7 Å². The third-order valence-electron chi connectivity index (χ3n) is 7.25. The van der Waals surface area contributed by atoms with Gasteiger partial charge in [0, 0.05) is 38.0 Å². The molecule has 4 saturated carbocycles. The van der Waals surface area contributed by atoms with Crippen LogP contribution in [0.15, 0.2) is 0 Å². The lowest BCUT2D eigenvalue weighted by Gasteiger charge is -2.57. The summed E-state index contributed by atoms with van der Waals surface area (Å²) in [4.78, 5) is 29.4. The fourth-order valence-electron chi connectivity index (χ4n) is 6.57. The van der Waals surface area contributed by atoms with Gasteiger partial charge in [-0.15, -0.1) is 0 Å². The van der Waals surface area contributed by atoms with Crippen molar-refractivity contribution in [3.63, 3.8) is 0 Å². The largest absolute Gasteiger partial charge is 0.339 e. The Hall–Kier alpha value is -1.06. The van der Waals surface area contributed by atoms with E-state index in [2.05, 4.69) is 0 Å². The molecule has 0 aromatic rings. The summed E-state index contributed by atoms with van der Waals surface area (Å²) < 4.78 is 0. The molecule has 0 aromatic heterocycles. The van der Waals surface area contributed by atoms with Crippen LogP contribution in [0.2, 0.25) is 0 Å². The number of hydrogen-bond donors (Lipinski definition) is 0. The van der Waals surface area contributed by atoms with Crippen molar-refractivity contribution in [1.82, 2.24) is 9.80 Å². The van der Waals surface area contributed by atoms with Crippen LogP contribution in [0.5, 0.6) is 0 Å². The number of carbonyl (C=O) groups excluding carboxylic acids is 2. The summed E-state index contributed by atoms with van der Waals surface area (Å²) >= 11 is 0. The van der Waals surface area contributed by atoms with Crippen LogP contribution in [0.25, 0.3) is 0 Å². The minimum Gasteiger partial charge on any atom is -0.339 e. The predicted octanol–water partition coefficient (Wildman–Crippen LogP) is 3.31. The SMILES string of the molecule is CC(C)(C)C(=O)N1CCN(C(=O)CC23CC4CC(CC(C4)C2)C3)CC1. The second-order valence-corrected chi connectivity index (χ2v) is 10.5. The fourth-order valence-corrected chi connectivity index (χ4v) is 6.57. The van der Waals surface area contributed by atoms with Gasteiger partial charge in [-0.3, -0.25) is 9.59 Å². The first kappa shape index (κ1) is 17.4. The second-order valence-electron chi connectivity index (χ2n) is 10.5. The van der Waals surface area contributed by atoms with Crippen molar-refractivity contribution >= 4 is 11.8 Å². The Balaban J connectivity index is 1.33. The van der Waals surface area contributed by atoms with Crippen LogP contribution in [0.4, 0.5) is 0 Å². The van der Waals surface area contributed by atoms with E-state index >= 15 is 0 Å². The smallest absolute Gasteiger partial charge is 0.228 e. The molecule has 4 nitrogen and oxygen atoms in total. The van der Waals surface area contributed by atoms with Crippen LogP contribution in [0.1, 0.15) is 65.7 Å². The number of rotatable bonds is 2. The lowest BCUT2D eigenvalue weighted by Crippen LogP contribution is -2.54. The van der Waals surface area contributed by atoms with Gasteiger partial charge in [0.2, 0.25) is 11.8 Å². The summed E-state index contributed by atoms with van der Waals surface area (Å²) in [5.74, 6) is 3.27. The average molecular weight is 347 g/mol. The maximum atomic E-state index is 13.0. The van der Waals surface area contributed by atoms with E-state index in [1.807, 2.05) is 30.6 Å². The van der Waals surface area contributed by atoms with Crippen molar-refractivity contribution in [3.05, 3.63) is 0 Å². The van der Waals surface area contributed by atoms with Gasteiger partial charge in [-0.25, -0.2) is 0 Å². The van der Waals surface area contributed by atoms with Gasteiger partial charge in [-0.05, 0) is 61.7 Å². The topological polar surface area (TPSA) is 40.6 Å². The van der Waals surface area contributed by atoms with E-state index in [9.17, 15) is 9.59 Å². The summed E-state index contributed by atoms with van der Waals surface area (Å²) in [7, 11) is 0. The highest BCUT2D eigenvalue weighted by Gasteiger charge is 2.51. The highest BCUT2D eigenvalue weighted by Crippen LogP contribution is 2.61. The molecule has 0 atom stereocenters. The Labute approximate surface area is 152 Å². The molecule has 2 amide bonds. The van der Waals surface area contributed by atoms with E-state index < -0.39 is 0 Å². The molecule has 1 heterocycles. The molecule has 1 saturated heterocycles. The van der Waals surface area contributed by atoms with Gasteiger partial charge in [-0.2, -0.15) is 0 Å². The van der Waals surface area contributed by atoms with E-state index in [0.717, 1.165) is 24.2 Å². The third-order valence-corrected chi connectivity index (χ3v) is 7.25. The minimum absolute atomic E-state index is 0.209. The summed E-state index contributed by atoms with van der Waals surface area (Å²) in [5, 5.41) is 0. The number of piperazine rings is 1. The van der Waals surface area contributed by atoms with Gasteiger partial charge >= 0.3 is 0 Å². The zero-order valence-corrected chi connectivity index (χ0v) is 16.2. The summed E-state index contributed by atoms with van der Waals surface area (Å²) in [6.45, 7) is 8.74. The van der Waals surface area contributed by atoms with Crippen LogP contribution in [0.3, 0.4) is 0 Å². The van der Waals surface area contributed by atoms with Crippen LogP contribution in [-0.2, 0) is 9.59 Å². The molecule has 4 aliphatic carbocycles. The Bertz CT molecular complexity index is 519. The molecule has 140 valence electrons.